The first-order chi connectivity index (χ1) is 8.97. The van der Waals surface area contributed by atoms with Crippen LogP contribution in [0.1, 0.15) is 11.1 Å². The van der Waals surface area contributed by atoms with E-state index in [-0.39, 0.29) is 0 Å². The molecule has 0 bridgehead atoms. The quantitative estimate of drug-likeness (QED) is 0.487. The fourth-order valence-electron chi connectivity index (χ4n) is 2.08. The third-order valence-corrected chi connectivity index (χ3v) is 5.65. The second kappa shape index (κ2) is 5.89. The van der Waals surface area contributed by atoms with Crippen LogP contribution in [0.3, 0.4) is 0 Å². The molecule has 2 aromatic rings. The number of benzene rings is 2. The van der Waals surface area contributed by atoms with Crippen LogP contribution in [0.4, 0.5) is 0 Å². The van der Waals surface area contributed by atoms with E-state index in [1.165, 1.54) is 16.3 Å². The van der Waals surface area contributed by atoms with Gasteiger partial charge in [0.05, 0.1) is 8.07 Å². The minimum Gasteiger partial charge on any atom is -0.0656 e. The van der Waals surface area contributed by atoms with Crippen molar-refractivity contribution in [2.45, 2.75) is 19.6 Å². The molecule has 2 aromatic carbocycles. The number of hydrogen-bond donors (Lipinski definition) is 0. The maximum atomic E-state index is 3.48. The third kappa shape index (κ3) is 3.92. The Kier molecular flexibility index (Phi) is 4.43. The second-order valence-electron chi connectivity index (χ2n) is 5.73. The van der Waals surface area contributed by atoms with Crippen LogP contribution in [0, 0.1) is 0 Å². The van der Waals surface area contributed by atoms with Gasteiger partial charge in [-0.25, -0.2) is 0 Å². The number of rotatable bonds is 3. The van der Waals surface area contributed by atoms with Crippen molar-refractivity contribution in [2.24, 2.45) is 0 Å². The molecule has 0 N–H and O–H groups in total. The Morgan fingerprint density at radius 2 is 1.47 bits per heavy atom. The molecule has 0 spiro atoms. The SMILES string of the molecule is C[Si](C)(C)/C(=C\c1ccc(Br)cc1)c1ccccc1. The molecule has 0 aliphatic heterocycles. The van der Waals surface area contributed by atoms with E-state index in [2.05, 4.69) is 96.2 Å². The Morgan fingerprint density at radius 3 is 2.00 bits per heavy atom. The normalized spacial score (nSPS) is 12.5. The average Bonchev–Trinajstić information content (AvgIpc) is 2.37. The van der Waals surface area contributed by atoms with E-state index >= 15 is 0 Å². The highest BCUT2D eigenvalue weighted by Crippen LogP contribution is 2.28. The molecule has 0 aliphatic rings. The third-order valence-electron chi connectivity index (χ3n) is 3.07. The lowest BCUT2D eigenvalue weighted by molar-refractivity contribution is 1.59. The van der Waals surface area contributed by atoms with E-state index < -0.39 is 8.07 Å². The number of halogens is 1. The van der Waals surface area contributed by atoms with Crippen molar-refractivity contribution in [3.63, 3.8) is 0 Å². The summed E-state index contributed by atoms with van der Waals surface area (Å²) in [4.78, 5) is 0. The van der Waals surface area contributed by atoms with Crippen LogP contribution in [0.25, 0.3) is 11.3 Å². The highest BCUT2D eigenvalue weighted by Gasteiger charge is 2.20. The van der Waals surface area contributed by atoms with Crippen molar-refractivity contribution < 1.29 is 0 Å². The molecular weight excluding hydrogens is 312 g/mol. The zero-order valence-corrected chi connectivity index (χ0v) is 14.2. The van der Waals surface area contributed by atoms with Crippen molar-refractivity contribution in [3.05, 3.63) is 70.2 Å². The molecule has 19 heavy (non-hydrogen) atoms. The van der Waals surface area contributed by atoms with Crippen LogP contribution in [0.2, 0.25) is 19.6 Å². The fraction of sp³-hybridized carbons (Fsp3) is 0.176. The van der Waals surface area contributed by atoms with Crippen LogP contribution in [-0.4, -0.2) is 8.07 Å². The van der Waals surface area contributed by atoms with Crippen LogP contribution < -0.4 is 0 Å². The smallest absolute Gasteiger partial charge is 0.0656 e. The van der Waals surface area contributed by atoms with E-state index in [0.29, 0.717) is 0 Å². The van der Waals surface area contributed by atoms with Crippen molar-refractivity contribution >= 4 is 35.3 Å². The van der Waals surface area contributed by atoms with Gasteiger partial charge in [-0.1, -0.05) is 89.3 Å². The van der Waals surface area contributed by atoms with Gasteiger partial charge < -0.3 is 0 Å². The second-order valence-corrected chi connectivity index (χ2v) is 11.7. The molecule has 0 unspecified atom stereocenters. The Labute approximate surface area is 125 Å². The van der Waals surface area contributed by atoms with E-state index in [1.807, 2.05) is 0 Å². The monoisotopic (exact) mass is 330 g/mol. The number of hydrogen-bond acceptors (Lipinski definition) is 0. The Bertz CT molecular complexity index is 562. The minimum atomic E-state index is -1.37. The van der Waals surface area contributed by atoms with Gasteiger partial charge in [0.1, 0.15) is 0 Å². The van der Waals surface area contributed by atoms with E-state index in [1.54, 1.807) is 0 Å². The predicted molar refractivity (Wildman–Crippen MR) is 91.8 cm³/mol. The molecule has 0 radical (unpaired) electrons. The van der Waals surface area contributed by atoms with Crippen molar-refractivity contribution in [1.29, 1.82) is 0 Å². The lowest BCUT2D eigenvalue weighted by atomic mass is 10.1. The van der Waals surface area contributed by atoms with Gasteiger partial charge in [-0.2, -0.15) is 0 Å². The van der Waals surface area contributed by atoms with Gasteiger partial charge in [-0.3, -0.25) is 0 Å². The van der Waals surface area contributed by atoms with E-state index in [9.17, 15) is 0 Å². The van der Waals surface area contributed by atoms with Crippen molar-refractivity contribution in [1.82, 2.24) is 0 Å². The van der Waals surface area contributed by atoms with Gasteiger partial charge in [0.15, 0.2) is 0 Å². The lowest BCUT2D eigenvalue weighted by Gasteiger charge is -2.21. The molecule has 0 heterocycles. The first kappa shape index (κ1) is 14.3. The summed E-state index contributed by atoms with van der Waals surface area (Å²) in [6, 6.07) is 19.2. The maximum Gasteiger partial charge on any atom is 0.0784 e. The highest BCUT2D eigenvalue weighted by molar-refractivity contribution is 9.10. The molecule has 0 aliphatic carbocycles. The summed E-state index contributed by atoms with van der Waals surface area (Å²) < 4.78 is 1.12. The summed E-state index contributed by atoms with van der Waals surface area (Å²) in [5.74, 6) is 0. The first-order valence-corrected chi connectivity index (χ1v) is 10.8. The largest absolute Gasteiger partial charge is 0.0784 e. The predicted octanol–water partition coefficient (Wildman–Crippen LogP) is 5.87. The van der Waals surface area contributed by atoms with Gasteiger partial charge in [0.25, 0.3) is 0 Å². The van der Waals surface area contributed by atoms with Crippen molar-refractivity contribution in [2.75, 3.05) is 0 Å². The summed E-state index contributed by atoms with van der Waals surface area (Å²) >= 11 is 3.48. The standard InChI is InChI=1S/C17H19BrSi/c1-19(2,3)17(15-7-5-4-6-8-15)13-14-9-11-16(18)12-10-14/h4-13H,1-3H3/b17-13-. The molecule has 0 atom stereocenters. The summed E-state index contributed by atoms with van der Waals surface area (Å²) in [6.07, 6.45) is 2.34. The Balaban J connectivity index is 2.47. The summed E-state index contributed by atoms with van der Waals surface area (Å²) in [7, 11) is -1.37. The molecule has 0 saturated heterocycles. The van der Waals surface area contributed by atoms with Crippen LogP contribution in [-0.2, 0) is 0 Å². The van der Waals surface area contributed by atoms with Gasteiger partial charge in [-0.05, 0) is 23.3 Å². The van der Waals surface area contributed by atoms with Crippen LogP contribution in [0.15, 0.2) is 59.1 Å². The van der Waals surface area contributed by atoms with Gasteiger partial charge in [0.2, 0.25) is 0 Å². The minimum absolute atomic E-state index is 1.12. The van der Waals surface area contributed by atoms with Crippen molar-refractivity contribution in [3.8, 4) is 0 Å². The molecular formula is C17H19BrSi. The molecule has 2 rings (SSSR count). The maximum absolute atomic E-state index is 3.48. The summed E-state index contributed by atoms with van der Waals surface area (Å²) in [5, 5.41) is 1.50. The van der Waals surface area contributed by atoms with E-state index in [0.717, 1.165) is 4.47 Å². The fourth-order valence-corrected chi connectivity index (χ4v) is 3.97. The first-order valence-electron chi connectivity index (χ1n) is 6.50. The zero-order valence-electron chi connectivity index (χ0n) is 11.7. The summed E-state index contributed by atoms with van der Waals surface area (Å²) in [5.41, 5.74) is 2.62. The molecule has 2 heteroatoms. The zero-order chi connectivity index (χ0) is 13.9. The average molecular weight is 331 g/mol. The lowest BCUT2D eigenvalue weighted by Crippen LogP contribution is -2.22. The Morgan fingerprint density at radius 1 is 0.895 bits per heavy atom. The van der Waals surface area contributed by atoms with Gasteiger partial charge >= 0.3 is 0 Å². The summed E-state index contributed by atoms with van der Waals surface area (Å²) in [6.45, 7) is 7.18. The molecule has 0 aromatic heterocycles. The highest BCUT2D eigenvalue weighted by atomic mass is 79.9. The van der Waals surface area contributed by atoms with Gasteiger partial charge in [0, 0.05) is 4.47 Å². The molecule has 0 saturated carbocycles. The van der Waals surface area contributed by atoms with E-state index in [4.69, 9.17) is 0 Å². The van der Waals surface area contributed by atoms with Crippen LogP contribution in [0.5, 0.6) is 0 Å². The molecule has 0 fully saturated rings. The molecule has 0 amide bonds. The van der Waals surface area contributed by atoms with Gasteiger partial charge in [-0.15, -0.1) is 0 Å². The Hall–Kier alpha value is -1.12. The molecule has 98 valence electrons. The molecule has 0 nitrogen and oxygen atoms in total. The van der Waals surface area contributed by atoms with Crippen LogP contribution >= 0.6 is 15.9 Å². The topological polar surface area (TPSA) is 0 Å².